The molecule has 0 bridgehead atoms. The summed E-state index contributed by atoms with van der Waals surface area (Å²) in [6, 6.07) is 0. The zero-order chi connectivity index (χ0) is 12.0. The highest BCUT2D eigenvalue weighted by Crippen LogP contribution is 2.10. The number of thioether (sulfide) groups is 1. The molecule has 4 heteroatoms. The fourth-order valence-electron chi connectivity index (χ4n) is 1.33. The molecule has 0 saturated heterocycles. The Labute approximate surface area is 102 Å². The summed E-state index contributed by atoms with van der Waals surface area (Å²) in [6.45, 7) is 7.31. The quantitative estimate of drug-likeness (QED) is 0.687. The molecule has 1 heterocycles. The number of nitrogens with zero attached hydrogens (tertiary/aromatic N) is 2. The first kappa shape index (κ1) is 13.3. The number of hydrogen-bond acceptors (Lipinski definition) is 3. The maximum Gasteiger partial charge on any atom is 0.175 e. The van der Waals surface area contributed by atoms with Gasteiger partial charge in [-0.25, -0.2) is 0 Å². The lowest BCUT2D eigenvalue weighted by atomic mass is 10.3. The van der Waals surface area contributed by atoms with E-state index >= 15 is 0 Å². The Kier molecular flexibility index (Phi) is 5.60. The van der Waals surface area contributed by atoms with Crippen molar-refractivity contribution in [2.45, 2.75) is 33.7 Å². The van der Waals surface area contributed by atoms with Gasteiger partial charge in [-0.15, -0.1) is 0 Å². The number of aromatic nitrogens is 2. The van der Waals surface area contributed by atoms with Crippen LogP contribution in [0.3, 0.4) is 0 Å². The van der Waals surface area contributed by atoms with Crippen molar-refractivity contribution in [1.82, 2.24) is 9.78 Å². The topological polar surface area (TPSA) is 34.9 Å². The van der Waals surface area contributed by atoms with E-state index in [2.05, 4.69) is 25.9 Å². The summed E-state index contributed by atoms with van der Waals surface area (Å²) in [5.74, 6) is 2.43. The minimum Gasteiger partial charge on any atom is -0.293 e. The van der Waals surface area contributed by atoms with Crippen LogP contribution in [-0.4, -0.2) is 27.1 Å². The zero-order valence-electron chi connectivity index (χ0n) is 10.3. The second-order valence-electron chi connectivity index (χ2n) is 4.32. The zero-order valence-corrected chi connectivity index (χ0v) is 11.1. The van der Waals surface area contributed by atoms with Crippen LogP contribution in [0.25, 0.3) is 0 Å². The number of hydrogen-bond donors (Lipinski definition) is 0. The number of carbonyl (C=O) groups is 1. The second kappa shape index (κ2) is 6.74. The first-order chi connectivity index (χ1) is 7.63. The minimum absolute atomic E-state index is 0.188. The summed E-state index contributed by atoms with van der Waals surface area (Å²) in [7, 11) is 0. The average Bonchev–Trinajstić information content (AvgIpc) is 2.66. The largest absolute Gasteiger partial charge is 0.293 e. The number of Topliss-reactive ketones (excluding diaryl/α,β-unsaturated/α-hetero) is 1. The van der Waals surface area contributed by atoms with Gasteiger partial charge in [0.05, 0.1) is 17.5 Å². The summed E-state index contributed by atoms with van der Waals surface area (Å²) in [4.78, 5) is 11.8. The van der Waals surface area contributed by atoms with Crippen molar-refractivity contribution in [2.75, 3.05) is 11.5 Å². The molecule has 0 aliphatic heterocycles. The van der Waals surface area contributed by atoms with Gasteiger partial charge in [-0.1, -0.05) is 20.8 Å². The van der Waals surface area contributed by atoms with Gasteiger partial charge in [0.1, 0.15) is 0 Å². The number of rotatable bonds is 7. The molecule has 0 N–H and O–H groups in total. The van der Waals surface area contributed by atoms with E-state index in [1.54, 1.807) is 18.0 Å². The van der Waals surface area contributed by atoms with Gasteiger partial charge in [-0.2, -0.15) is 16.9 Å². The minimum atomic E-state index is 0.188. The molecule has 1 rings (SSSR count). The highest BCUT2D eigenvalue weighted by Gasteiger charge is 2.08. The van der Waals surface area contributed by atoms with Gasteiger partial charge < -0.3 is 0 Å². The lowest BCUT2D eigenvalue weighted by Gasteiger charge is -2.02. The molecular formula is C12H20N2OS. The van der Waals surface area contributed by atoms with Gasteiger partial charge in [-0.3, -0.25) is 9.48 Å². The molecule has 1 aromatic rings. The van der Waals surface area contributed by atoms with Gasteiger partial charge in [0.15, 0.2) is 5.78 Å². The molecule has 0 fully saturated rings. The van der Waals surface area contributed by atoms with E-state index in [0.717, 1.165) is 24.3 Å². The molecule has 0 aromatic carbocycles. The fraction of sp³-hybridized carbons (Fsp3) is 0.667. The van der Waals surface area contributed by atoms with Gasteiger partial charge in [0.2, 0.25) is 0 Å². The monoisotopic (exact) mass is 240 g/mol. The van der Waals surface area contributed by atoms with Crippen LogP contribution in [0.2, 0.25) is 0 Å². The SMILES string of the molecule is CCCn1cc(C(=O)CSCC(C)C)cn1. The van der Waals surface area contributed by atoms with Crippen LogP contribution >= 0.6 is 11.8 Å². The Morgan fingerprint density at radius 3 is 2.94 bits per heavy atom. The predicted octanol–water partition coefficient (Wildman–Crippen LogP) is 2.87. The molecule has 16 heavy (non-hydrogen) atoms. The first-order valence-corrected chi connectivity index (χ1v) is 6.92. The Balaban J connectivity index is 2.40. The first-order valence-electron chi connectivity index (χ1n) is 5.77. The van der Waals surface area contributed by atoms with Gasteiger partial charge >= 0.3 is 0 Å². The highest BCUT2D eigenvalue weighted by molar-refractivity contribution is 7.99. The Bertz CT molecular complexity index is 334. The normalized spacial score (nSPS) is 11.0. The standard InChI is InChI=1S/C12H20N2OS/c1-4-5-14-7-11(6-13-14)12(15)9-16-8-10(2)3/h6-7,10H,4-5,8-9H2,1-3H3. The van der Waals surface area contributed by atoms with Crippen LogP contribution in [0.15, 0.2) is 12.4 Å². The van der Waals surface area contributed by atoms with Crippen LogP contribution in [0.1, 0.15) is 37.6 Å². The van der Waals surface area contributed by atoms with Crippen molar-refractivity contribution in [2.24, 2.45) is 5.92 Å². The van der Waals surface area contributed by atoms with E-state index in [0.29, 0.717) is 11.7 Å². The number of aryl methyl sites for hydroxylation is 1. The van der Waals surface area contributed by atoms with Crippen molar-refractivity contribution in [3.8, 4) is 0 Å². The highest BCUT2D eigenvalue weighted by atomic mass is 32.2. The van der Waals surface area contributed by atoms with E-state index < -0.39 is 0 Å². The molecule has 0 aliphatic rings. The van der Waals surface area contributed by atoms with Crippen LogP contribution in [0.4, 0.5) is 0 Å². The van der Waals surface area contributed by atoms with E-state index in [4.69, 9.17) is 0 Å². The van der Waals surface area contributed by atoms with Crippen molar-refractivity contribution < 1.29 is 4.79 Å². The molecule has 0 aliphatic carbocycles. The predicted molar refractivity (Wildman–Crippen MR) is 69.0 cm³/mol. The van der Waals surface area contributed by atoms with Gasteiger partial charge in [0.25, 0.3) is 0 Å². The van der Waals surface area contributed by atoms with Crippen LogP contribution in [-0.2, 0) is 6.54 Å². The van der Waals surface area contributed by atoms with Crippen molar-refractivity contribution in [3.05, 3.63) is 18.0 Å². The smallest absolute Gasteiger partial charge is 0.175 e. The van der Waals surface area contributed by atoms with Crippen molar-refractivity contribution in [3.63, 3.8) is 0 Å². The molecular weight excluding hydrogens is 220 g/mol. The Hall–Kier alpha value is -0.770. The Morgan fingerprint density at radius 2 is 2.31 bits per heavy atom. The summed E-state index contributed by atoms with van der Waals surface area (Å²) >= 11 is 1.70. The molecule has 0 saturated carbocycles. The molecule has 1 aromatic heterocycles. The molecule has 3 nitrogen and oxygen atoms in total. The van der Waals surface area contributed by atoms with Gasteiger partial charge in [-0.05, 0) is 18.1 Å². The number of ketones is 1. The molecule has 0 radical (unpaired) electrons. The maximum atomic E-state index is 11.8. The van der Waals surface area contributed by atoms with Crippen LogP contribution in [0.5, 0.6) is 0 Å². The molecule has 90 valence electrons. The Morgan fingerprint density at radius 1 is 1.56 bits per heavy atom. The summed E-state index contributed by atoms with van der Waals surface area (Å²) < 4.78 is 1.83. The molecule has 0 unspecified atom stereocenters. The number of carbonyl (C=O) groups excluding carboxylic acids is 1. The van der Waals surface area contributed by atoms with Gasteiger partial charge in [0, 0.05) is 12.7 Å². The lowest BCUT2D eigenvalue weighted by molar-refractivity contribution is 0.102. The molecule has 0 atom stereocenters. The summed E-state index contributed by atoms with van der Waals surface area (Å²) in [6.07, 6.45) is 4.56. The maximum absolute atomic E-state index is 11.8. The van der Waals surface area contributed by atoms with Crippen molar-refractivity contribution in [1.29, 1.82) is 0 Å². The van der Waals surface area contributed by atoms with Crippen molar-refractivity contribution >= 4 is 17.5 Å². The van der Waals surface area contributed by atoms with E-state index in [9.17, 15) is 4.79 Å². The van der Waals surface area contributed by atoms with Crippen LogP contribution in [0, 0.1) is 5.92 Å². The van der Waals surface area contributed by atoms with E-state index in [1.807, 2.05) is 10.9 Å². The van der Waals surface area contributed by atoms with E-state index in [1.165, 1.54) is 0 Å². The molecule has 0 spiro atoms. The fourth-order valence-corrected chi connectivity index (χ4v) is 2.27. The lowest BCUT2D eigenvalue weighted by Crippen LogP contribution is -2.03. The molecule has 0 amide bonds. The third-order valence-corrected chi connectivity index (χ3v) is 3.46. The average molecular weight is 240 g/mol. The van der Waals surface area contributed by atoms with E-state index in [-0.39, 0.29) is 5.78 Å². The third-order valence-electron chi connectivity index (χ3n) is 2.09. The second-order valence-corrected chi connectivity index (χ2v) is 5.35. The summed E-state index contributed by atoms with van der Waals surface area (Å²) in [5, 5.41) is 4.16. The van der Waals surface area contributed by atoms with Crippen LogP contribution < -0.4 is 0 Å². The third kappa shape index (κ3) is 4.39. The summed E-state index contributed by atoms with van der Waals surface area (Å²) in [5.41, 5.74) is 0.740.